The molecule has 1 N–H and O–H groups in total. The van der Waals surface area contributed by atoms with Crippen LogP contribution in [-0.2, 0) is 28.5 Å². The molecule has 0 unspecified atom stereocenters. The highest BCUT2D eigenvalue weighted by Crippen LogP contribution is 1.95. The molecule has 0 aliphatic heterocycles. The van der Waals surface area contributed by atoms with Crippen LogP contribution in [0, 0.1) is 18.3 Å². The van der Waals surface area contributed by atoms with E-state index in [1.165, 1.54) is 6.92 Å². The van der Waals surface area contributed by atoms with E-state index in [1.807, 2.05) is 0 Å². The topological polar surface area (TPSA) is 83.1 Å². The van der Waals surface area contributed by atoms with Crippen LogP contribution in [0.3, 0.4) is 0 Å². The predicted octanol–water partition coefficient (Wildman–Crippen LogP) is -0.0168. The predicted molar refractivity (Wildman–Crippen MR) is 80.1 cm³/mol. The Balaban J connectivity index is 3.60. The molecule has 0 heterocycles. The van der Waals surface area contributed by atoms with Gasteiger partial charge >= 0.3 is 5.97 Å². The average molecular weight is 315 g/mol. The summed E-state index contributed by atoms with van der Waals surface area (Å²) >= 11 is 0. The van der Waals surface area contributed by atoms with Crippen LogP contribution in [0.15, 0.2) is 0 Å². The van der Waals surface area contributed by atoms with E-state index in [4.69, 9.17) is 25.4 Å². The molecule has 0 spiro atoms. The molecule has 0 saturated carbocycles. The first kappa shape index (κ1) is 20.4. The first-order valence-electron chi connectivity index (χ1n) is 7.10. The third-order valence-corrected chi connectivity index (χ3v) is 2.63. The highest BCUT2D eigenvalue weighted by molar-refractivity contribution is 5.86. The number of amides is 1. The molecule has 0 aromatic rings. The maximum Gasteiger partial charge on any atom is 0.328 e. The van der Waals surface area contributed by atoms with Gasteiger partial charge in [-0.05, 0) is 13.8 Å². The summed E-state index contributed by atoms with van der Waals surface area (Å²) in [5.41, 5.74) is 0. The van der Waals surface area contributed by atoms with Crippen LogP contribution < -0.4 is 5.32 Å². The minimum atomic E-state index is -0.749. The quantitative estimate of drug-likeness (QED) is 0.310. The van der Waals surface area contributed by atoms with E-state index < -0.39 is 17.9 Å². The van der Waals surface area contributed by atoms with Gasteiger partial charge in [0.1, 0.15) is 12.6 Å². The fraction of sp³-hybridized carbons (Fsp3) is 0.733. The lowest BCUT2D eigenvalue weighted by Gasteiger charge is -2.14. The molecule has 0 rings (SSSR count). The van der Waals surface area contributed by atoms with E-state index in [0.29, 0.717) is 26.4 Å². The van der Waals surface area contributed by atoms with Crippen LogP contribution in [0.5, 0.6) is 0 Å². The van der Waals surface area contributed by atoms with Crippen molar-refractivity contribution in [1.82, 2.24) is 5.32 Å². The van der Waals surface area contributed by atoms with Gasteiger partial charge in [0.15, 0.2) is 0 Å². The average Bonchev–Trinajstić information content (AvgIpc) is 2.51. The molecular formula is C15H25NO6. The Morgan fingerprint density at radius 1 is 1.05 bits per heavy atom. The van der Waals surface area contributed by atoms with Crippen LogP contribution in [0.25, 0.3) is 0 Å². The van der Waals surface area contributed by atoms with Crippen molar-refractivity contribution < 1.29 is 28.5 Å². The number of nitrogens with one attached hydrogen (secondary N) is 1. The molecule has 7 nitrogen and oxygen atoms in total. The van der Waals surface area contributed by atoms with Crippen LogP contribution >= 0.6 is 0 Å². The molecule has 0 fully saturated rings. The summed E-state index contributed by atoms with van der Waals surface area (Å²) in [6.07, 6.45) is 5.13. The van der Waals surface area contributed by atoms with E-state index in [2.05, 4.69) is 11.2 Å². The van der Waals surface area contributed by atoms with Crippen LogP contribution in [0.1, 0.15) is 13.8 Å². The largest absolute Gasteiger partial charge is 0.462 e. The second-order valence-electron chi connectivity index (χ2n) is 4.50. The monoisotopic (exact) mass is 315 g/mol. The van der Waals surface area contributed by atoms with Gasteiger partial charge in [-0.1, -0.05) is 5.92 Å². The zero-order chi connectivity index (χ0) is 16.8. The van der Waals surface area contributed by atoms with Crippen LogP contribution in [0.4, 0.5) is 0 Å². The SMILES string of the molecule is C#C[C@H](C)C(=O)N[C@@H](C)C(=O)OCCOCCOCCOC. The number of ether oxygens (including phenoxy) is 4. The summed E-state index contributed by atoms with van der Waals surface area (Å²) in [5, 5.41) is 2.48. The fourth-order valence-electron chi connectivity index (χ4n) is 1.26. The van der Waals surface area contributed by atoms with E-state index >= 15 is 0 Å². The summed E-state index contributed by atoms with van der Waals surface area (Å²) in [6.45, 7) is 5.41. The summed E-state index contributed by atoms with van der Waals surface area (Å²) < 4.78 is 20.2. The second-order valence-corrected chi connectivity index (χ2v) is 4.50. The summed E-state index contributed by atoms with van der Waals surface area (Å²) in [6, 6.07) is -0.749. The number of terminal acetylenes is 1. The molecule has 22 heavy (non-hydrogen) atoms. The second kappa shape index (κ2) is 13.1. The molecule has 0 aliphatic rings. The molecule has 0 bridgehead atoms. The molecule has 0 aromatic carbocycles. The van der Waals surface area contributed by atoms with Gasteiger partial charge < -0.3 is 24.3 Å². The van der Waals surface area contributed by atoms with E-state index in [-0.39, 0.29) is 19.1 Å². The molecular weight excluding hydrogens is 290 g/mol. The third-order valence-electron chi connectivity index (χ3n) is 2.63. The Kier molecular flexibility index (Phi) is 12.1. The number of esters is 1. The molecule has 0 radical (unpaired) electrons. The van der Waals surface area contributed by atoms with Gasteiger partial charge in [-0.25, -0.2) is 4.79 Å². The highest BCUT2D eigenvalue weighted by atomic mass is 16.6. The zero-order valence-corrected chi connectivity index (χ0v) is 13.4. The van der Waals surface area contributed by atoms with Gasteiger partial charge in [-0.3, -0.25) is 4.79 Å². The number of carbonyl (C=O) groups is 2. The van der Waals surface area contributed by atoms with Gasteiger partial charge in [-0.2, -0.15) is 0 Å². The molecule has 126 valence electrons. The van der Waals surface area contributed by atoms with Gasteiger partial charge in [0, 0.05) is 7.11 Å². The molecule has 7 heteroatoms. The van der Waals surface area contributed by atoms with Crippen molar-refractivity contribution >= 4 is 11.9 Å². The normalized spacial score (nSPS) is 13.0. The Morgan fingerprint density at radius 3 is 2.14 bits per heavy atom. The first-order chi connectivity index (χ1) is 10.5. The zero-order valence-electron chi connectivity index (χ0n) is 13.4. The Labute approximate surface area is 131 Å². The van der Waals surface area contributed by atoms with Gasteiger partial charge in [0.25, 0.3) is 0 Å². The number of hydrogen-bond donors (Lipinski definition) is 1. The lowest BCUT2D eigenvalue weighted by molar-refractivity contribution is -0.149. The molecule has 0 aromatic heterocycles. The standard InChI is InChI=1S/C15H25NO6/c1-5-12(2)14(17)16-13(3)15(18)22-11-10-21-9-8-20-7-6-19-4/h1,12-13H,6-11H2,2-4H3,(H,16,17)/t12-,13-/m0/s1. The maximum absolute atomic E-state index is 11.6. The number of rotatable bonds is 12. The highest BCUT2D eigenvalue weighted by Gasteiger charge is 2.19. The van der Waals surface area contributed by atoms with Crippen molar-refractivity contribution in [3.8, 4) is 12.3 Å². The first-order valence-corrected chi connectivity index (χ1v) is 7.10. The van der Waals surface area contributed by atoms with Crippen molar-refractivity contribution in [1.29, 1.82) is 0 Å². The Bertz CT molecular complexity index is 366. The summed E-state index contributed by atoms with van der Waals surface area (Å²) in [4.78, 5) is 23.1. The molecule has 2 atom stereocenters. The Hall–Kier alpha value is -1.62. The molecule has 0 saturated heterocycles. The van der Waals surface area contributed by atoms with Crippen molar-refractivity contribution in [3.05, 3.63) is 0 Å². The summed E-state index contributed by atoms with van der Waals surface area (Å²) in [5.74, 6) is 0.795. The maximum atomic E-state index is 11.6. The Morgan fingerprint density at radius 2 is 1.59 bits per heavy atom. The molecule has 0 aliphatic carbocycles. The lowest BCUT2D eigenvalue weighted by atomic mass is 10.1. The van der Waals surface area contributed by atoms with E-state index in [0.717, 1.165) is 0 Å². The van der Waals surface area contributed by atoms with E-state index in [1.54, 1.807) is 14.0 Å². The van der Waals surface area contributed by atoms with Crippen molar-refractivity contribution in [2.24, 2.45) is 5.92 Å². The van der Waals surface area contributed by atoms with Gasteiger partial charge in [-0.15, -0.1) is 6.42 Å². The number of carbonyl (C=O) groups excluding carboxylic acids is 2. The van der Waals surface area contributed by atoms with E-state index in [9.17, 15) is 9.59 Å². The van der Waals surface area contributed by atoms with Gasteiger partial charge in [0.05, 0.1) is 39.0 Å². The summed E-state index contributed by atoms with van der Waals surface area (Å²) in [7, 11) is 1.60. The smallest absolute Gasteiger partial charge is 0.328 e. The number of methoxy groups -OCH3 is 1. The minimum Gasteiger partial charge on any atom is -0.462 e. The van der Waals surface area contributed by atoms with Crippen molar-refractivity contribution in [2.45, 2.75) is 19.9 Å². The number of hydrogen-bond acceptors (Lipinski definition) is 6. The lowest BCUT2D eigenvalue weighted by Crippen LogP contribution is -2.42. The van der Waals surface area contributed by atoms with Crippen molar-refractivity contribution in [3.63, 3.8) is 0 Å². The fourth-order valence-corrected chi connectivity index (χ4v) is 1.26. The van der Waals surface area contributed by atoms with Gasteiger partial charge in [0.2, 0.25) is 5.91 Å². The minimum absolute atomic E-state index is 0.113. The van der Waals surface area contributed by atoms with Crippen LogP contribution in [-0.4, -0.2) is 64.7 Å². The van der Waals surface area contributed by atoms with Crippen LogP contribution in [0.2, 0.25) is 0 Å². The molecule has 1 amide bonds. The van der Waals surface area contributed by atoms with Crippen molar-refractivity contribution in [2.75, 3.05) is 46.8 Å². The third kappa shape index (κ3) is 10.2.